The number of hydrogen-bond acceptors (Lipinski definition) is 7. The average Bonchev–Trinajstić information content (AvgIpc) is 2.66. The predicted molar refractivity (Wildman–Crippen MR) is 67.8 cm³/mol. The lowest BCUT2D eigenvalue weighted by molar-refractivity contribution is 0.583. The molecule has 1 aromatic heterocycles. The zero-order chi connectivity index (χ0) is 12.2. The normalized spacial score (nSPS) is 14.2. The molecule has 16 heavy (non-hydrogen) atoms. The Hall–Kier alpha value is -0.840. The molecule has 0 aliphatic carbocycles. The summed E-state index contributed by atoms with van der Waals surface area (Å²) in [6.07, 6.45) is 0.644. The highest BCUT2D eigenvalue weighted by molar-refractivity contribution is 8.01. The van der Waals surface area contributed by atoms with Crippen LogP contribution in [0.4, 0.5) is 5.13 Å². The van der Waals surface area contributed by atoms with Crippen molar-refractivity contribution in [3.8, 4) is 6.07 Å². The lowest BCUT2D eigenvalue weighted by atomic mass is 10.0. The van der Waals surface area contributed by atoms with E-state index in [-0.39, 0.29) is 0 Å². The number of nitrogens with two attached hydrogens (primary N) is 1. The Morgan fingerprint density at radius 3 is 2.75 bits per heavy atom. The maximum Gasteiger partial charge on any atom is 0.208 e. The van der Waals surface area contributed by atoms with Gasteiger partial charge in [-0.3, -0.25) is 0 Å². The van der Waals surface area contributed by atoms with Gasteiger partial charge in [-0.2, -0.15) is 5.26 Å². The van der Waals surface area contributed by atoms with Crippen molar-refractivity contribution >= 4 is 28.2 Å². The Labute approximate surface area is 104 Å². The smallest absolute Gasteiger partial charge is 0.208 e. The van der Waals surface area contributed by atoms with Crippen molar-refractivity contribution < 1.29 is 0 Å². The van der Waals surface area contributed by atoms with Crippen LogP contribution in [0.3, 0.4) is 0 Å². The van der Waals surface area contributed by atoms with Crippen molar-refractivity contribution in [2.45, 2.75) is 23.2 Å². The van der Waals surface area contributed by atoms with Gasteiger partial charge in [0.15, 0.2) is 4.34 Å². The molecule has 0 aromatic carbocycles. The average molecular weight is 257 g/mol. The van der Waals surface area contributed by atoms with Gasteiger partial charge in [-0.1, -0.05) is 23.1 Å². The van der Waals surface area contributed by atoms with Gasteiger partial charge in [0.2, 0.25) is 5.13 Å². The van der Waals surface area contributed by atoms with Gasteiger partial charge in [0.05, 0.1) is 6.07 Å². The second kappa shape index (κ2) is 5.48. The summed E-state index contributed by atoms with van der Waals surface area (Å²) in [5.41, 5.74) is 4.97. The molecule has 0 saturated carbocycles. The van der Waals surface area contributed by atoms with E-state index < -0.39 is 5.54 Å². The SMILES string of the molecule is CN(C)c1nnc(SCCC(C)(N)C#N)s1. The topological polar surface area (TPSA) is 78.8 Å². The highest BCUT2D eigenvalue weighted by Gasteiger charge is 2.17. The van der Waals surface area contributed by atoms with Crippen molar-refractivity contribution in [3.63, 3.8) is 0 Å². The van der Waals surface area contributed by atoms with E-state index >= 15 is 0 Å². The van der Waals surface area contributed by atoms with Crippen molar-refractivity contribution in [3.05, 3.63) is 0 Å². The second-order valence-corrected chi connectivity index (χ2v) is 6.17. The van der Waals surface area contributed by atoms with Crippen LogP contribution in [0.5, 0.6) is 0 Å². The van der Waals surface area contributed by atoms with E-state index in [9.17, 15) is 0 Å². The molecule has 1 unspecified atom stereocenters. The summed E-state index contributed by atoms with van der Waals surface area (Å²) in [5, 5.41) is 17.7. The van der Waals surface area contributed by atoms with E-state index in [2.05, 4.69) is 16.3 Å². The van der Waals surface area contributed by atoms with E-state index in [0.29, 0.717) is 6.42 Å². The monoisotopic (exact) mass is 257 g/mol. The van der Waals surface area contributed by atoms with Crippen molar-refractivity contribution in [1.29, 1.82) is 5.26 Å². The Balaban J connectivity index is 2.41. The molecular formula is C9H15N5S2. The molecule has 0 amide bonds. The zero-order valence-corrected chi connectivity index (χ0v) is 11.2. The first-order chi connectivity index (χ1) is 7.44. The van der Waals surface area contributed by atoms with Crippen molar-refractivity contribution in [2.75, 3.05) is 24.7 Å². The number of aromatic nitrogens is 2. The minimum atomic E-state index is -0.748. The van der Waals surface area contributed by atoms with Gasteiger partial charge >= 0.3 is 0 Å². The molecule has 88 valence electrons. The van der Waals surface area contributed by atoms with E-state index in [4.69, 9.17) is 11.0 Å². The zero-order valence-electron chi connectivity index (χ0n) is 9.60. The maximum absolute atomic E-state index is 8.75. The van der Waals surface area contributed by atoms with Gasteiger partial charge in [0, 0.05) is 19.8 Å². The van der Waals surface area contributed by atoms with Crippen LogP contribution in [-0.2, 0) is 0 Å². The van der Waals surface area contributed by atoms with Gasteiger partial charge in [-0.15, -0.1) is 10.2 Å². The Morgan fingerprint density at radius 1 is 1.56 bits per heavy atom. The van der Waals surface area contributed by atoms with Crippen LogP contribution in [0.1, 0.15) is 13.3 Å². The number of anilines is 1. The largest absolute Gasteiger partial charge is 0.353 e. The van der Waals surface area contributed by atoms with Crippen LogP contribution < -0.4 is 10.6 Å². The number of rotatable bonds is 5. The first-order valence-electron chi connectivity index (χ1n) is 4.78. The Bertz CT molecular complexity index is 379. The fourth-order valence-corrected chi connectivity index (χ4v) is 2.86. The van der Waals surface area contributed by atoms with Crippen LogP contribution in [0, 0.1) is 11.3 Å². The van der Waals surface area contributed by atoms with E-state index in [1.807, 2.05) is 19.0 Å². The molecule has 0 spiro atoms. The van der Waals surface area contributed by atoms with E-state index in [1.54, 1.807) is 30.0 Å². The quantitative estimate of drug-likeness (QED) is 0.802. The molecule has 1 rings (SSSR count). The van der Waals surface area contributed by atoms with Gasteiger partial charge in [-0.25, -0.2) is 0 Å². The summed E-state index contributed by atoms with van der Waals surface area (Å²) in [6.45, 7) is 1.74. The highest BCUT2D eigenvalue weighted by Crippen LogP contribution is 2.27. The van der Waals surface area contributed by atoms with Crippen LogP contribution in [-0.4, -0.2) is 35.6 Å². The van der Waals surface area contributed by atoms with Crippen LogP contribution >= 0.6 is 23.1 Å². The summed E-state index contributed by atoms with van der Waals surface area (Å²) in [4.78, 5) is 1.92. The number of nitrogens with zero attached hydrogens (tertiary/aromatic N) is 4. The molecule has 0 aliphatic rings. The Morgan fingerprint density at radius 2 is 2.25 bits per heavy atom. The number of nitriles is 1. The summed E-state index contributed by atoms with van der Waals surface area (Å²) in [6, 6.07) is 2.07. The highest BCUT2D eigenvalue weighted by atomic mass is 32.2. The molecule has 0 bridgehead atoms. The minimum absolute atomic E-state index is 0.644. The lowest BCUT2D eigenvalue weighted by Crippen LogP contribution is -2.34. The molecule has 0 saturated heterocycles. The molecule has 2 N–H and O–H groups in total. The molecule has 0 aliphatic heterocycles. The second-order valence-electron chi connectivity index (χ2n) is 3.87. The summed E-state index contributed by atoms with van der Waals surface area (Å²) >= 11 is 3.13. The van der Waals surface area contributed by atoms with E-state index in [1.165, 1.54) is 0 Å². The molecule has 5 nitrogen and oxygen atoms in total. The number of hydrogen-bond donors (Lipinski definition) is 1. The summed E-state index contributed by atoms with van der Waals surface area (Å²) in [5.74, 6) is 0.780. The standard InChI is InChI=1S/C9H15N5S2/c1-9(11,6-10)4-5-15-8-13-12-7(16-8)14(2)3/h4-5,11H2,1-3H3. The van der Waals surface area contributed by atoms with Gasteiger partial charge in [-0.05, 0) is 13.3 Å². The third kappa shape index (κ3) is 3.96. The fraction of sp³-hybridized carbons (Fsp3) is 0.667. The molecule has 1 aromatic rings. The molecule has 0 radical (unpaired) electrons. The van der Waals surface area contributed by atoms with Gasteiger partial charge < -0.3 is 10.6 Å². The number of thioether (sulfide) groups is 1. The first kappa shape index (κ1) is 13.2. The predicted octanol–water partition coefficient (Wildman–Crippen LogP) is 1.33. The maximum atomic E-state index is 8.75. The minimum Gasteiger partial charge on any atom is -0.353 e. The molecule has 1 heterocycles. The summed E-state index contributed by atoms with van der Waals surface area (Å²) < 4.78 is 0.914. The van der Waals surface area contributed by atoms with Gasteiger partial charge in [0.25, 0.3) is 0 Å². The molecule has 1 atom stereocenters. The molecule has 7 heteroatoms. The van der Waals surface area contributed by atoms with Crippen molar-refractivity contribution in [1.82, 2.24) is 10.2 Å². The molecular weight excluding hydrogens is 242 g/mol. The van der Waals surface area contributed by atoms with Crippen LogP contribution in [0.15, 0.2) is 4.34 Å². The summed E-state index contributed by atoms with van der Waals surface area (Å²) in [7, 11) is 3.86. The third-order valence-corrected chi connectivity index (χ3v) is 4.11. The fourth-order valence-electron chi connectivity index (χ4n) is 0.848. The Kier molecular flexibility index (Phi) is 4.53. The van der Waals surface area contributed by atoms with Crippen molar-refractivity contribution in [2.24, 2.45) is 5.73 Å². The van der Waals surface area contributed by atoms with E-state index in [0.717, 1.165) is 15.2 Å². The molecule has 0 fully saturated rings. The first-order valence-corrected chi connectivity index (χ1v) is 6.58. The van der Waals surface area contributed by atoms with Gasteiger partial charge in [0.1, 0.15) is 5.54 Å². The third-order valence-electron chi connectivity index (χ3n) is 1.88. The van der Waals surface area contributed by atoms with Crippen LogP contribution in [0.2, 0.25) is 0 Å². The lowest BCUT2D eigenvalue weighted by Gasteiger charge is -2.13. The van der Waals surface area contributed by atoms with Crippen LogP contribution in [0.25, 0.3) is 0 Å².